The monoisotopic (exact) mass is 329 g/mol. The summed E-state index contributed by atoms with van der Waals surface area (Å²) in [4.78, 5) is 24.0. The van der Waals surface area contributed by atoms with E-state index >= 15 is 0 Å². The third-order valence-corrected chi connectivity index (χ3v) is 4.45. The first-order valence-corrected chi connectivity index (χ1v) is 8.11. The molecular formula is C18H20FN3O2. The molecule has 1 amide bonds. The summed E-state index contributed by atoms with van der Waals surface area (Å²) in [5.74, 6) is -0.383. The lowest BCUT2D eigenvalue weighted by atomic mass is 9.86. The zero-order valence-corrected chi connectivity index (χ0v) is 13.6. The van der Waals surface area contributed by atoms with Crippen molar-refractivity contribution < 1.29 is 9.18 Å². The Labute approximate surface area is 139 Å². The number of halogens is 1. The van der Waals surface area contributed by atoms with Gasteiger partial charge in [0.25, 0.3) is 5.56 Å². The van der Waals surface area contributed by atoms with E-state index in [4.69, 9.17) is 0 Å². The average molecular weight is 329 g/mol. The van der Waals surface area contributed by atoms with Crippen LogP contribution in [0.5, 0.6) is 0 Å². The summed E-state index contributed by atoms with van der Waals surface area (Å²) in [6.45, 7) is 0.516. The number of hydrogen-bond acceptors (Lipinski definition) is 3. The SMILES string of the molecule is Cn1nc2c(cc1=O)CC(C(=O)NCCc1ccc(F)cc1)CC2. The minimum atomic E-state index is -0.261. The molecule has 1 N–H and O–H groups in total. The van der Waals surface area contributed by atoms with E-state index in [1.165, 1.54) is 16.8 Å². The standard InChI is InChI=1S/C18H20FN3O2/c1-22-17(23)11-14-10-13(4-7-16(14)21-22)18(24)20-9-8-12-2-5-15(19)6-3-12/h2-3,5-6,11,13H,4,7-10H2,1H3,(H,20,24). The molecular weight excluding hydrogens is 309 g/mol. The number of amides is 1. The number of rotatable bonds is 4. The molecule has 1 unspecified atom stereocenters. The Hall–Kier alpha value is -2.50. The second-order valence-corrected chi connectivity index (χ2v) is 6.19. The number of carbonyl (C=O) groups is 1. The van der Waals surface area contributed by atoms with Gasteiger partial charge >= 0.3 is 0 Å². The van der Waals surface area contributed by atoms with Crippen LogP contribution in [-0.2, 0) is 31.1 Å². The Morgan fingerprint density at radius 3 is 2.88 bits per heavy atom. The van der Waals surface area contributed by atoms with Gasteiger partial charge in [-0.15, -0.1) is 0 Å². The molecule has 1 aromatic carbocycles. The summed E-state index contributed by atoms with van der Waals surface area (Å²) in [7, 11) is 1.64. The van der Waals surface area contributed by atoms with Gasteiger partial charge < -0.3 is 5.32 Å². The first kappa shape index (κ1) is 16.4. The summed E-state index contributed by atoms with van der Waals surface area (Å²) in [5.41, 5.74) is 2.63. The second kappa shape index (κ2) is 6.95. The minimum absolute atomic E-state index is 0.00318. The summed E-state index contributed by atoms with van der Waals surface area (Å²) in [6, 6.07) is 7.87. The van der Waals surface area contributed by atoms with Gasteiger partial charge in [0.2, 0.25) is 5.91 Å². The number of nitrogens with zero attached hydrogens (tertiary/aromatic N) is 2. The summed E-state index contributed by atoms with van der Waals surface area (Å²) in [6.07, 6.45) is 2.66. The summed E-state index contributed by atoms with van der Waals surface area (Å²) < 4.78 is 14.2. The third kappa shape index (κ3) is 3.69. The van der Waals surface area contributed by atoms with E-state index < -0.39 is 0 Å². The van der Waals surface area contributed by atoms with Crippen LogP contribution in [0.2, 0.25) is 0 Å². The first-order valence-electron chi connectivity index (χ1n) is 8.11. The van der Waals surface area contributed by atoms with Gasteiger partial charge in [-0.3, -0.25) is 9.59 Å². The van der Waals surface area contributed by atoms with E-state index in [9.17, 15) is 14.0 Å². The highest BCUT2D eigenvalue weighted by Gasteiger charge is 2.25. The first-order chi connectivity index (χ1) is 11.5. The van der Waals surface area contributed by atoms with E-state index in [1.54, 1.807) is 25.2 Å². The van der Waals surface area contributed by atoms with Crippen molar-refractivity contribution in [1.82, 2.24) is 15.1 Å². The van der Waals surface area contributed by atoms with Crippen molar-refractivity contribution >= 4 is 5.91 Å². The van der Waals surface area contributed by atoms with Crippen LogP contribution in [0.3, 0.4) is 0 Å². The molecule has 24 heavy (non-hydrogen) atoms. The van der Waals surface area contributed by atoms with Crippen LogP contribution in [0.25, 0.3) is 0 Å². The predicted molar refractivity (Wildman–Crippen MR) is 88.1 cm³/mol. The lowest BCUT2D eigenvalue weighted by Crippen LogP contribution is -2.36. The third-order valence-electron chi connectivity index (χ3n) is 4.45. The molecule has 0 aliphatic heterocycles. The lowest BCUT2D eigenvalue weighted by molar-refractivity contribution is -0.125. The minimum Gasteiger partial charge on any atom is -0.356 e. The fourth-order valence-corrected chi connectivity index (χ4v) is 3.04. The van der Waals surface area contributed by atoms with E-state index in [2.05, 4.69) is 10.4 Å². The van der Waals surface area contributed by atoms with Gasteiger partial charge in [0, 0.05) is 25.6 Å². The molecule has 1 heterocycles. The van der Waals surface area contributed by atoms with Gasteiger partial charge in [-0.1, -0.05) is 12.1 Å². The van der Waals surface area contributed by atoms with Crippen molar-refractivity contribution in [3.05, 3.63) is 63.3 Å². The van der Waals surface area contributed by atoms with Gasteiger partial charge in [-0.05, 0) is 48.9 Å². The van der Waals surface area contributed by atoms with Crippen LogP contribution in [0.4, 0.5) is 4.39 Å². The van der Waals surface area contributed by atoms with Crippen LogP contribution < -0.4 is 10.9 Å². The number of hydrogen-bond donors (Lipinski definition) is 1. The molecule has 6 heteroatoms. The fraction of sp³-hybridized carbons (Fsp3) is 0.389. The molecule has 0 saturated heterocycles. The summed E-state index contributed by atoms with van der Waals surface area (Å²) in [5, 5.41) is 7.19. The molecule has 1 atom stereocenters. The Balaban J connectivity index is 1.55. The summed E-state index contributed by atoms with van der Waals surface area (Å²) >= 11 is 0. The molecule has 2 aromatic rings. The normalized spacial score (nSPS) is 16.5. The zero-order chi connectivity index (χ0) is 17.1. The maximum Gasteiger partial charge on any atom is 0.266 e. The average Bonchev–Trinajstić information content (AvgIpc) is 2.57. The van der Waals surface area contributed by atoms with Crippen molar-refractivity contribution in [1.29, 1.82) is 0 Å². The number of fused-ring (bicyclic) bond motifs is 1. The predicted octanol–water partition coefficient (Wildman–Crippen LogP) is 1.38. The molecule has 1 aliphatic carbocycles. The van der Waals surface area contributed by atoms with Crippen LogP contribution in [0.15, 0.2) is 35.1 Å². The maximum atomic E-state index is 12.9. The van der Waals surface area contributed by atoms with Gasteiger partial charge in [-0.2, -0.15) is 5.10 Å². The van der Waals surface area contributed by atoms with Gasteiger partial charge in [0.1, 0.15) is 5.82 Å². The Kier molecular flexibility index (Phi) is 4.74. The highest BCUT2D eigenvalue weighted by atomic mass is 19.1. The number of benzene rings is 1. The van der Waals surface area contributed by atoms with E-state index in [0.717, 1.165) is 23.2 Å². The molecule has 3 rings (SSSR count). The Bertz CT molecular complexity index is 799. The van der Waals surface area contributed by atoms with Crippen molar-refractivity contribution in [2.24, 2.45) is 13.0 Å². The molecule has 0 radical (unpaired) electrons. The largest absolute Gasteiger partial charge is 0.356 e. The molecule has 0 fully saturated rings. The lowest BCUT2D eigenvalue weighted by Gasteiger charge is -2.23. The smallest absolute Gasteiger partial charge is 0.266 e. The topological polar surface area (TPSA) is 64.0 Å². The van der Waals surface area contributed by atoms with E-state index in [0.29, 0.717) is 25.8 Å². The molecule has 0 spiro atoms. The number of aryl methyl sites for hydroxylation is 2. The molecule has 126 valence electrons. The Morgan fingerprint density at radius 2 is 2.12 bits per heavy atom. The number of aromatic nitrogens is 2. The quantitative estimate of drug-likeness (QED) is 0.922. The second-order valence-electron chi connectivity index (χ2n) is 6.19. The molecule has 1 aromatic heterocycles. The number of carbonyl (C=O) groups excluding carboxylic acids is 1. The van der Waals surface area contributed by atoms with Gasteiger partial charge in [0.05, 0.1) is 5.69 Å². The highest BCUT2D eigenvalue weighted by molar-refractivity contribution is 5.79. The zero-order valence-electron chi connectivity index (χ0n) is 13.6. The van der Waals surface area contributed by atoms with E-state index in [-0.39, 0.29) is 23.2 Å². The van der Waals surface area contributed by atoms with Crippen molar-refractivity contribution in [3.63, 3.8) is 0 Å². The molecule has 5 nitrogen and oxygen atoms in total. The van der Waals surface area contributed by atoms with Crippen LogP contribution in [0.1, 0.15) is 23.2 Å². The Morgan fingerprint density at radius 1 is 1.38 bits per heavy atom. The molecule has 0 bridgehead atoms. The van der Waals surface area contributed by atoms with Crippen LogP contribution >= 0.6 is 0 Å². The van der Waals surface area contributed by atoms with Crippen LogP contribution in [-0.4, -0.2) is 22.2 Å². The highest BCUT2D eigenvalue weighted by Crippen LogP contribution is 2.23. The van der Waals surface area contributed by atoms with Gasteiger partial charge in [0.15, 0.2) is 0 Å². The van der Waals surface area contributed by atoms with Crippen molar-refractivity contribution in [3.8, 4) is 0 Å². The molecule has 1 aliphatic rings. The maximum absolute atomic E-state index is 12.9. The fourth-order valence-electron chi connectivity index (χ4n) is 3.04. The van der Waals surface area contributed by atoms with E-state index in [1.807, 2.05) is 0 Å². The van der Waals surface area contributed by atoms with Gasteiger partial charge in [-0.25, -0.2) is 9.07 Å². The number of nitrogens with one attached hydrogen (secondary N) is 1. The molecule has 0 saturated carbocycles. The van der Waals surface area contributed by atoms with Crippen molar-refractivity contribution in [2.75, 3.05) is 6.54 Å². The van der Waals surface area contributed by atoms with Crippen molar-refractivity contribution in [2.45, 2.75) is 25.7 Å². The van der Waals surface area contributed by atoms with Crippen LogP contribution in [0, 0.1) is 11.7 Å².